The number of ether oxygens (including phenoxy) is 2. The first-order chi connectivity index (χ1) is 12.6. The SMILES string of the molecule is CC(=O)N1C[C@@H]2COCCN2C2(C1)CN(C(=O)COc1ccccc1)C2. The Balaban J connectivity index is 1.38. The summed E-state index contributed by atoms with van der Waals surface area (Å²) in [4.78, 5) is 30.6. The minimum absolute atomic E-state index is 0.00997. The summed E-state index contributed by atoms with van der Waals surface area (Å²) < 4.78 is 11.2. The fourth-order valence-corrected chi connectivity index (χ4v) is 4.31. The quantitative estimate of drug-likeness (QED) is 0.772. The van der Waals surface area contributed by atoms with Crippen molar-refractivity contribution in [1.29, 1.82) is 0 Å². The molecule has 7 heteroatoms. The van der Waals surface area contributed by atoms with Gasteiger partial charge >= 0.3 is 0 Å². The van der Waals surface area contributed by atoms with Crippen LogP contribution in [0.2, 0.25) is 0 Å². The van der Waals surface area contributed by atoms with E-state index >= 15 is 0 Å². The number of likely N-dealkylation sites (tertiary alicyclic amines) is 1. The maximum absolute atomic E-state index is 12.5. The van der Waals surface area contributed by atoms with Crippen molar-refractivity contribution in [3.63, 3.8) is 0 Å². The van der Waals surface area contributed by atoms with Gasteiger partial charge in [-0.2, -0.15) is 0 Å². The third-order valence-electron chi connectivity index (χ3n) is 5.63. The maximum Gasteiger partial charge on any atom is 0.260 e. The summed E-state index contributed by atoms with van der Waals surface area (Å²) >= 11 is 0. The Hall–Kier alpha value is -2.12. The molecule has 2 amide bonds. The molecule has 7 nitrogen and oxygen atoms in total. The smallest absolute Gasteiger partial charge is 0.260 e. The maximum atomic E-state index is 12.5. The van der Waals surface area contributed by atoms with Crippen molar-refractivity contribution < 1.29 is 19.1 Å². The molecular weight excluding hydrogens is 334 g/mol. The number of benzene rings is 1. The number of carbonyl (C=O) groups is 2. The van der Waals surface area contributed by atoms with Crippen LogP contribution in [0.3, 0.4) is 0 Å². The Morgan fingerprint density at radius 3 is 2.65 bits per heavy atom. The second kappa shape index (κ2) is 6.89. The molecule has 3 heterocycles. The second-order valence-corrected chi connectivity index (χ2v) is 7.40. The number of carbonyl (C=O) groups excluding carboxylic acids is 2. The zero-order valence-electron chi connectivity index (χ0n) is 15.1. The first-order valence-electron chi connectivity index (χ1n) is 9.13. The van der Waals surface area contributed by atoms with E-state index in [4.69, 9.17) is 9.47 Å². The number of rotatable bonds is 3. The van der Waals surface area contributed by atoms with E-state index in [9.17, 15) is 9.59 Å². The monoisotopic (exact) mass is 359 g/mol. The summed E-state index contributed by atoms with van der Waals surface area (Å²) in [6, 6.07) is 9.59. The highest BCUT2D eigenvalue weighted by molar-refractivity contribution is 5.79. The van der Waals surface area contributed by atoms with E-state index in [0.29, 0.717) is 45.1 Å². The molecule has 0 unspecified atom stereocenters. The molecule has 3 fully saturated rings. The molecule has 4 rings (SSSR count). The fraction of sp³-hybridized carbons (Fsp3) is 0.579. The fourth-order valence-electron chi connectivity index (χ4n) is 4.31. The van der Waals surface area contributed by atoms with E-state index in [1.54, 1.807) is 6.92 Å². The van der Waals surface area contributed by atoms with Crippen molar-refractivity contribution >= 4 is 11.8 Å². The Labute approximate surface area is 153 Å². The first-order valence-corrected chi connectivity index (χ1v) is 9.13. The van der Waals surface area contributed by atoms with E-state index in [-0.39, 0.29) is 30.0 Å². The van der Waals surface area contributed by atoms with Gasteiger partial charge in [-0.25, -0.2) is 0 Å². The number of piperazine rings is 1. The molecule has 0 aliphatic carbocycles. The largest absolute Gasteiger partial charge is 0.484 e. The lowest BCUT2D eigenvalue weighted by Gasteiger charge is -2.63. The Morgan fingerprint density at radius 2 is 1.92 bits per heavy atom. The van der Waals surface area contributed by atoms with Crippen LogP contribution >= 0.6 is 0 Å². The van der Waals surface area contributed by atoms with Gasteiger partial charge < -0.3 is 19.3 Å². The summed E-state index contributed by atoms with van der Waals surface area (Å²) in [7, 11) is 0. The van der Waals surface area contributed by atoms with Crippen LogP contribution in [0.25, 0.3) is 0 Å². The molecule has 0 N–H and O–H groups in total. The molecule has 1 atom stereocenters. The molecule has 1 aromatic rings. The van der Waals surface area contributed by atoms with Crippen LogP contribution in [0, 0.1) is 0 Å². The highest BCUT2D eigenvalue weighted by Gasteiger charge is 2.55. The number of fused-ring (bicyclic) bond motifs is 2. The zero-order valence-corrected chi connectivity index (χ0v) is 15.1. The van der Waals surface area contributed by atoms with E-state index in [1.807, 2.05) is 40.1 Å². The van der Waals surface area contributed by atoms with Crippen LogP contribution in [0.5, 0.6) is 5.75 Å². The molecule has 26 heavy (non-hydrogen) atoms. The molecule has 1 aromatic carbocycles. The lowest BCUT2D eigenvalue weighted by Crippen LogP contribution is -2.81. The van der Waals surface area contributed by atoms with Crippen molar-refractivity contribution in [3.8, 4) is 5.75 Å². The van der Waals surface area contributed by atoms with Gasteiger partial charge in [0.15, 0.2) is 6.61 Å². The van der Waals surface area contributed by atoms with Crippen molar-refractivity contribution in [2.75, 3.05) is 52.5 Å². The molecule has 3 saturated heterocycles. The number of para-hydroxylation sites is 1. The Bertz CT molecular complexity index is 675. The molecule has 0 radical (unpaired) electrons. The minimum atomic E-state index is -0.138. The van der Waals surface area contributed by atoms with Crippen LogP contribution in [0.1, 0.15) is 6.92 Å². The predicted octanol–water partition coefficient (Wildman–Crippen LogP) is 0.209. The van der Waals surface area contributed by atoms with Gasteiger partial charge in [0, 0.05) is 39.6 Å². The van der Waals surface area contributed by atoms with E-state index in [0.717, 1.165) is 6.54 Å². The van der Waals surface area contributed by atoms with Gasteiger partial charge in [-0.15, -0.1) is 0 Å². The van der Waals surface area contributed by atoms with Crippen LogP contribution in [-0.2, 0) is 14.3 Å². The number of nitrogens with zero attached hydrogens (tertiary/aromatic N) is 3. The second-order valence-electron chi connectivity index (χ2n) is 7.40. The molecular formula is C19H25N3O4. The van der Waals surface area contributed by atoms with Crippen molar-refractivity contribution in [2.45, 2.75) is 18.5 Å². The molecule has 140 valence electrons. The van der Waals surface area contributed by atoms with Gasteiger partial charge in [-0.1, -0.05) is 18.2 Å². The Morgan fingerprint density at radius 1 is 1.19 bits per heavy atom. The predicted molar refractivity (Wildman–Crippen MR) is 94.8 cm³/mol. The molecule has 0 saturated carbocycles. The normalized spacial score (nSPS) is 24.7. The summed E-state index contributed by atoms with van der Waals surface area (Å²) in [5.74, 6) is 0.778. The van der Waals surface area contributed by atoms with Gasteiger partial charge in [0.25, 0.3) is 5.91 Å². The lowest BCUT2D eigenvalue weighted by atomic mass is 9.82. The topological polar surface area (TPSA) is 62.3 Å². The minimum Gasteiger partial charge on any atom is -0.484 e. The highest BCUT2D eigenvalue weighted by Crippen LogP contribution is 2.35. The first kappa shape index (κ1) is 17.3. The number of hydrogen-bond donors (Lipinski definition) is 0. The van der Waals surface area contributed by atoms with Crippen molar-refractivity contribution in [2.24, 2.45) is 0 Å². The molecule has 0 aromatic heterocycles. The molecule has 3 aliphatic rings. The van der Waals surface area contributed by atoms with E-state index in [2.05, 4.69) is 4.90 Å². The van der Waals surface area contributed by atoms with Gasteiger partial charge in [-0.05, 0) is 12.1 Å². The summed E-state index contributed by atoms with van der Waals surface area (Å²) in [6.07, 6.45) is 0. The number of amides is 2. The summed E-state index contributed by atoms with van der Waals surface area (Å²) in [5, 5.41) is 0. The molecule has 0 bridgehead atoms. The standard InChI is InChI=1S/C19H25N3O4/c1-15(23)20-9-16-10-25-8-7-22(16)19(12-20)13-21(14-19)18(24)11-26-17-5-3-2-4-6-17/h2-6,16H,7-14H2,1H3/t16-/m1/s1. The van der Waals surface area contributed by atoms with Crippen LogP contribution in [0.4, 0.5) is 0 Å². The highest BCUT2D eigenvalue weighted by atomic mass is 16.5. The van der Waals surface area contributed by atoms with E-state index in [1.165, 1.54) is 0 Å². The number of morpholine rings is 1. The summed E-state index contributed by atoms with van der Waals surface area (Å²) in [6.45, 7) is 6.56. The Kier molecular flexibility index (Phi) is 4.58. The van der Waals surface area contributed by atoms with Gasteiger partial charge in [0.05, 0.1) is 24.8 Å². The zero-order chi connectivity index (χ0) is 18.1. The van der Waals surface area contributed by atoms with Crippen LogP contribution in [0.15, 0.2) is 30.3 Å². The lowest BCUT2D eigenvalue weighted by molar-refractivity contribution is -0.181. The average Bonchev–Trinajstić information content (AvgIpc) is 2.64. The van der Waals surface area contributed by atoms with Crippen molar-refractivity contribution in [3.05, 3.63) is 30.3 Å². The van der Waals surface area contributed by atoms with Gasteiger partial charge in [0.1, 0.15) is 5.75 Å². The van der Waals surface area contributed by atoms with E-state index < -0.39 is 0 Å². The molecule has 3 aliphatic heterocycles. The third-order valence-corrected chi connectivity index (χ3v) is 5.63. The summed E-state index contributed by atoms with van der Waals surface area (Å²) in [5.41, 5.74) is -0.138. The van der Waals surface area contributed by atoms with Crippen LogP contribution in [-0.4, -0.2) is 90.6 Å². The van der Waals surface area contributed by atoms with Crippen molar-refractivity contribution in [1.82, 2.24) is 14.7 Å². The van der Waals surface area contributed by atoms with Gasteiger partial charge in [-0.3, -0.25) is 14.5 Å². The third kappa shape index (κ3) is 3.17. The van der Waals surface area contributed by atoms with Crippen LogP contribution < -0.4 is 4.74 Å². The van der Waals surface area contributed by atoms with Gasteiger partial charge in [0.2, 0.25) is 5.91 Å². The number of hydrogen-bond acceptors (Lipinski definition) is 5. The average molecular weight is 359 g/mol. The molecule has 1 spiro atoms.